The highest BCUT2D eigenvalue weighted by Crippen LogP contribution is 2.32. The Morgan fingerprint density at radius 1 is 1.26 bits per heavy atom. The maximum atomic E-state index is 9.92. The van der Waals surface area contributed by atoms with E-state index in [-0.39, 0.29) is 6.10 Å². The molecule has 3 heteroatoms. The summed E-state index contributed by atoms with van der Waals surface area (Å²) in [4.78, 5) is 0. The summed E-state index contributed by atoms with van der Waals surface area (Å²) in [6, 6.07) is 9.16. The maximum absolute atomic E-state index is 9.92. The second kappa shape index (κ2) is 6.04. The van der Waals surface area contributed by atoms with Crippen molar-refractivity contribution in [2.24, 2.45) is 0 Å². The number of aliphatic hydroxyl groups excluding tert-OH is 1. The van der Waals surface area contributed by atoms with Crippen molar-refractivity contribution in [2.75, 3.05) is 13.2 Å². The van der Waals surface area contributed by atoms with Crippen LogP contribution in [0.4, 0.5) is 0 Å². The van der Waals surface area contributed by atoms with Gasteiger partial charge >= 0.3 is 0 Å². The van der Waals surface area contributed by atoms with Crippen LogP contribution < -0.4 is 5.32 Å². The lowest BCUT2D eigenvalue weighted by Gasteiger charge is -2.26. The molecule has 0 aromatic heterocycles. The van der Waals surface area contributed by atoms with Gasteiger partial charge in [0, 0.05) is 12.6 Å². The first-order valence-electron chi connectivity index (χ1n) is 7.44. The van der Waals surface area contributed by atoms with E-state index in [1.165, 1.54) is 30.4 Å². The molecule has 1 saturated carbocycles. The number of hydrogen-bond donors (Lipinski definition) is 2. The molecular weight excluding hydrogens is 238 g/mol. The minimum Gasteiger partial charge on any atom is -0.389 e. The first-order valence-corrected chi connectivity index (χ1v) is 7.44. The molecule has 1 fully saturated rings. The van der Waals surface area contributed by atoms with Crippen LogP contribution in [-0.4, -0.2) is 30.4 Å². The zero-order valence-electron chi connectivity index (χ0n) is 11.3. The third kappa shape index (κ3) is 3.56. The van der Waals surface area contributed by atoms with Crippen molar-refractivity contribution in [3.05, 3.63) is 35.4 Å². The number of ether oxygens (including phenoxy) is 1. The van der Waals surface area contributed by atoms with Gasteiger partial charge in [-0.3, -0.25) is 0 Å². The van der Waals surface area contributed by atoms with Crippen LogP contribution in [0.25, 0.3) is 0 Å². The summed E-state index contributed by atoms with van der Waals surface area (Å²) in [6.45, 7) is 1.08. The predicted molar refractivity (Wildman–Crippen MR) is 75.1 cm³/mol. The molecule has 1 aromatic carbocycles. The van der Waals surface area contributed by atoms with Crippen LogP contribution in [0.2, 0.25) is 0 Å². The first kappa shape index (κ1) is 13.1. The summed E-state index contributed by atoms with van der Waals surface area (Å²) in [6.07, 6.45) is 5.68. The molecule has 2 N–H and O–H groups in total. The normalized spacial score (nSPS) is 23.9. The highest BCUT2D eigenvalue weighted by atomic mass is 16.5. The molecule has 0 heterocycles. The zero-order valence-corrected chi connectivity index (χ0v) is 11.3. The van der Waals surface area contributed by atoms with Crippen molar-refractivity contribution >= 4 is 0 Å². The summed E-state index contributed by atoms with van der Waals surface area (Å²) in [5.74, 6) is 0. The van der Waals surface area contributed by atoms with Crippen LogP contribution in [0.5, 0.6) is 0 Å². The van der Waals surface area contributed by atoms with Crippen LogP contribution in [0.15, 0.2) is 24.3 Å². The van der Waals surface area contributed by atoms with Crippen molar-refractivity contribution in [2.45, 2.75) is 50.4 Å². The Labute approximate surface area is 115 Å². The second-order valence-corrected chi connectivity index (χ2v) is 5.75. The van der Waals surface area contributed by atoms with Gasteiger partial charge in [-0.2, -0.15) is 0 Å². The Bertz CT molecular complexity index is 417. The number of aliphatic hydroxyl groups is 1. The predicted octanol–water partition coefficient (Wildman–Crippen LogP) is 2.19. The van der Waals surface area contributed by atoms with E-state index in [9.17, 15) is 5.11 Å². The van der Waals surface area contributed by atoms with Crippen molar-refractivity contribution < 1.29 is 9.84 Å². The average molecular weight is 261 g/mol. The van der Waals surface area contributed by atoms with Gasteiger partial charge in [0.15, 0.2) is 0 Å². The zero-order chi connectivity index (χ0) is 13.1. The van der Waals surface area contributed by atoms with Crippen molar-refractivity contribution in [1.29, 1.82) is 0 Å². The lowest BCUT2D eigenvalue weighted by Crippen LogP contribution is -2.32. The van der Waals surface area contributed by atoms with E-state index in [1.54, 1.807) is 0 Å². The van der Waals surface area contributed by atoms with Crippen LogP contribution >= 0.6 is 0 Å². The molecule has 2 atom stereocenters. The van der Waals surface area contributed by atoms with Crippen molar-refractivity contribution in [1.82, 2.24) is 5.32 Å². The molecule has 0 aliphatic heterocycles. The highest BCUT2D eigenvalue weighted by Gasteiger charge is 2.23. The molecule has 19 heavy (non-hydrogen) atoms. The Balaban J connectivity index is 1.49. The smallest absolute Gasteiger partial charge is 0.0898 e. The van der Waals surface area contributed by atoms with Gasteiger partial charge in [-0.25, -0.2) is 0 Å². The quantitative estimate of drug-likeness (QED) is 0.825. The van der Waals surface area contributed by atoms with Gasteiger partial charge in [0.1, 0.15) is 0 Å². The van der Waals surface area contributed by atoms with Crippen molar-refractivity contribution in [3.63, 3.8) is 0 Å². The SMILES string of the molecule is O[C@@H](CNC1CC1)CO[C@H]1CCCc2ccccc21. The van der Waals surface area contributed by atoms with E-state index >= 15 is 0 Å². The summed E-state index contributed by atoms with van der Waals surface area (Å²) >= 11 is 0. The van der Waals surface area contributed by atoms with Gasteiger partial charge < -0.3 is 15.2 Å². The summed E-state index contributed by atoms with van der Waals surface area (Å²) in [5, 5.41) is 13.3. The Morgan fingerprint density at radius 2 is 2.11 bits per heavy atom. The summed E-state index contributed by atoms with van der Waals surface area (Å²) in [5.41, 5.74) is 2.72. The van der Waals surface area contributed by atoms with E-state index in [1.807, 2.05) is 0 Å². The third-order valence-electron chi connectivity index (χ3n) is 4.02. The number of nitrogens with one attached hydrogen (secondary N) is 1. The van der Waals surface area contributed by atoms with E-state index in [0.717, 1.165) is 12.8 Å². The Morgan fingerprint density at radius 3 is 2.95 bits per heavy atom. The average Bonchev–Trinajstić information content (AvgIpc) is 3.27. The third-order valence-corrected chi connectivity index (χ3v) is 4.02. The summed E-state index contributed by atoms with van der Waals surface area (Å²) in [7, 11) is 0. The highest BCUT2D eigenvalue weighted by molar-refractivity contribution is 5.31. The van der Waals surface area contributed by atoms with Gasteiger partial charge in [-0.05, 0) is 43.2 Å². The van der Waals surface area contributed by atoms with Gasteiger partial charge in [0.25, 0.3) is 0 Å². The second-order valence-electron chi connectivity index (χ2n) is 5.75. The van der Waals surface area contributed by atoms with Gasteiger partial charge in [-0.1, -0.05) is 24.3 Å². The van der Waals surface area contributed by atoms with Crippen LogP contribution in [0.1, 0.15) is 42.9 Å². The Hall–Kier alpha value is -0.900. The first-order chi connectivity index (χ1) is 9.33. The van der Waals surface area contributed by atoms with Gasteiger partial charge in [0.05, 0.1) is 18.8 Å². The monoisotopic (exact) mass is 261 g/mol. The standard InChI is InChI=1S/C16H23NO2/c18-14(10-17-13-8-9-13)11-19-16-7-3-5-12-4-1-2-6-15(12)16/h1-2,4,6,13-14,16-18H,3,5,7-11H2/t14-,16-/m0/s1. The number of fused-ring (bicyclic) bond motifs is 1. The Kier molecular flexibility index (Phi) is 4.16. The minimum atomic E-state index is -0.394. The van der Waals surface area contributed by atoms with E-state index in [4.69, 9.17) is 4.74 Å². The van der Waals surface area contributed by atoms with E-state index in [2.05, 4.69) is 29.6 Å². The molecule has 0 spiro atoms. The molecule has 0 radical (unpaired) electrons. The number of benzene rings is 1. The molecule has 0 saturated heterocycles. The lowest BCUT2D eigenvalue weighted by atomic mass is 9.89. The topological polar surface area (TPSA) is 41.5 Å². The maximum Gasteiger partial charge on any atom is 0.0898 e. The molecule has 3 nitrogen and oxygen atoms in total. The number of aryl methyl sites for hydroxylation is 1. The van der Waals surface area contributed by atoms with Gasteiger partial charge in [0.2, 0.25) is 0 Å². The van der Waals surface area contributed by atoms with Crippen LogP contribution in [0, 0.1) is 0 Å². The fourth-order valence-electron chi connectivity index (χ4n) is 2.76. The number of rotatable bonds is 6. The molecule has 1 aromatic rings. The van der Waals surface area contributed by atoms with Crippen LogP contribution in [-0.2, 0) is 11.2 Å². The molecule has 0 amide bonds. The van der Waals surface area contributed by atoms with E-state index in [0.29, 0.717) is 19.2 Å². The molecular formula is C16H23NO2. The molecule has 2 aliphatic rings. The molecule has 3 rings (SSSR count). The lowest BCUT2D eigenvalue weighted by molar-refractivity contribution is -0.0167. The molecule has 2 aliphatic carbocycles. The summed E-state index contributed by atoms with van der Waals surface area (Å²) < 4.78 is 5.93. The van der Waals surface area contributed by atoms with Crippen LogP contribution in [0.3, 0.4) is 0 Å². The van der Waals surface area contributed by atoms with Crippen molar-refractivity contribution in [3.8, 4) is 0 Å². The molecule has 104 valence electrons. The largest absolute Gasteiger partial charge is 0.389 e. The van der Waals surface area contributed by atoms with Gasteiger partial charge in [-0.15, -0.1) is 0 Å². The fraction of sp³-hybridized carbons (Fsp3) is 0.625. The fourth-order valence-corrected chi connectivity index (χ4v) is 2.76. The minimum absolute atomic E-state index is 0.167. The molecule has 0 unspecified atom stereocenters. The van der Waals surface area contributed by atoms with E-state index < -0.39 is 6.10 Å². The molecule has 0 bridgehead atoms. The number of hydrogen-bond acceptors (Lipinski definition) is 3.